The zero-order valence-corrected chi connectivity index (χ0v) is 17.9. The lowest BCUT2D eigenvalue weighted by Crippen LogP contribution is -2.49. The molecule has 0 saturated carbocycles. The highest BCUT2D eigenvalue weighted by atomic mass is 16.2. The lowest BCUT2D eigenvalue weighted by molar-refractivity contribution is -0.136. The van der Waals surface area contributed by atoms with Gasteiger partial charge in [-0.15, -0.1) is 13.2 Å². The first-order valence-electron chi connectivity index (χ1n) is 11.0. The first kappa shape index (κ1) is 21.7. The van der Waals surface area contributed by atoms with Crippen molar-refractivity contribution >= 4 is 5.91 Å². The fraction of sp³-hybridized carbons (Fsp3) is 0.583. The van der Waals surface area contributed by atoms with Crippen molar-refractivity contribution in [1.82, 2.24) is 19.7 Å². The fourth-order valence-corrected chi connectivity index (χ4v) is 4.70. The van der Waals surface area contributed by atoms with E-state index < -0.39 is 0 Å². The Kier molecular flexibility index (Phi) is 8.01. The molecule has 3 rings (SSSR count). The molecule has 0 unspecified atom stereocenters. The van der Waals surface area contributed by atoms with E-state index in [-0.39, 0.29) is 11.8 Å². The van der Waals surface area contributed by atoms with E-state index >= 15 is 0 Å². The van der Waals surface area contributed by atoms with E-state index in [1.165, 1.54) is 18.5 Å². The van der Waals surface area contributed by atoms with Crippen molar-refractivity contribution in [2.75, 3.05) is 39.3 Å². The molecule has 0 aromatic carbocycles. The summed E-state index contributed by atoms with van der Waals surface area (Å²) in [5, 5.41) is 0. The fourth-order valence-electron chi connectivity index (χ4n) is 4.70. The minimum atomic E-state index is 0.152. The molecule has 2 fully saturated rings. The Bertz CT molecular complexity index is 678. The number of carbonyl (C=O) groups excluding carboxylic acids is 1. The summed E-state index contributed by atoms with van der Waals surface area (Å²) in [6.07, 6.45) is 7.97. The number of amides is 1. The number of aromatic nitrogens is 1. The Labute approximate surface area is 176 Å². The second-order valence-corrected chi connectivity index (χ2v) is 8.41. The molecule has 0 aliphatic carbocycles. The summed E-state index contributed by atoms with van der Waals surface area (Å²) in [5.74, 6) is 0.420. The van der Waals surface area contributed by atoms with Gasteiger partial charge in [-0.1, -0.05) is 18.2 Å². The molecule has 2 aliphatic heterocycles. The predicted molar refractivity (Wildman–Crippen MR) is 119 cm³/mol. The molecule has 0 radical (unpaired) electrons. The summed E-state index contributed by atoms with van der Waals surface area (Å²) in [6, 6.07) is 6.94. The van der Waals surface area contributed by atoms with Gasteiger partial charge in [0.05, 0.1) is 5.69 Å². The van der Waals surface area contributed by atoms with E-state index in [1.54, 1.807) is 12.2 Å². The molecule has 0 bridgehead atoms. The zero-order chi connectivity index (χ0) is 20.6. The normalized spacial score (nSPS) is 19.8. The summed E-state index contributed by atoms with van der Waals surface area (Å²) < 4.78 is 0. The molecule has 1 aromatic rings. The smallest absolute Gasteiger partial charge is 0.226 e. The van der Waals surface area contributed by atoms with Gasteiger partial charge in [0.2, 0.25) is 5.91 Å². The van der Waals surface area contributed by atoms with Crippen LogP contribution in [-0.2, 0) is 11.3 Å². The van der Waals surface area contributed by atoms with Crippen LogP contribution < -0.4 is 0 Å². The van der Waals surface area contributed by atoms with Crippen LogP contribution in [-0.4, -0.2) is 70.9 Å². The van der Waals surface area contributed by atoms with Crippen LogP contribution in [0.2, 0.25) is 0 Å². The van der Waals surface area contributed by atoms with Crippen LogP contribution in [0.1, 0.15) is 37.1 Å². The number of pyridine rings is 1. The lowest BCUT2D eigenvalue weighted by Gasteiger charge is -2.42. The van der Waals surface area contributed by atoms with Crippen molar-refractivity contribution in [3.05, 3.63) is 54.9 Å². The Morgan fingerprint density at radius 1 is 1.10 bits per heavy atom. The summed E-state index contributed by atoms with van der Waals surface area (Å²) in [5.41, 5.74) is 2.26. The number of nitrogens with zero attached hydrogens (tertiary/aromatic N) is 4. The maximum Gasteiger partial charge on any atom is 0.226 e. The maximum absolute atomic E-state index is 12.8. The number of aryl methyl sites for hydroxylation is 1. The molecule has 1 amide bonds. The number of rotatable bonds is 8. The van der Waals surface area contributed by atoms with Crippen LogP contribution in [0.4, 0.5) is 0 Å². The molecule has 1 aromatic heterocycles. The van der Waals surface area contributed by atoms with Crippen molar-refractivity contribution in [2.45, 2.75) is 45.2 Å². The number of carbonyl (C=O) groups is 1. The highest BCUT2D eigenvalue weighted by Crippen LogP contribution is 2.25. The van der Waals surface area contributed by atoms with E-state index in [2.05, 4.69) is 53.1 Å². The Morgan fingerprint density at radius 3 is 2.34 bits per heavy atom. The minimum Gasteiger partial charge on any atom is -0.335 e. The number of piperidine rings is 2. The summed E-state index contributed by atoms with van der Waals surface area (Å²) in [7, 11) is 0. The third-order valence-electron chi connectivity index (χ3n) is 6.29. The molecule has 2 saturated heterocycles. The van der Waals surface area contributed by atoms with Crippen LogP contribution in [0.3, 0.4) is 0 Å². The van der Waals surface area contributed by atoms with Gasteiger partial charge in [0.25, 0.3) is 0 Å². The van der Waals surface area contributed by atoms with Gasteiger partial charge in [0.1, 0.15) is 0 Å². The summed E-state index contributed by atoms with van der Waals surface area (Å²) in [4.78, 5) is 24.5. The van der Waals surface area contributed by atoms with Gasteiger partial charge in [-0.3, -0.25) is 14.7 Å². The number of likely N-dealkylation sites (tertiary alicyclic amines) is 2. The van der Waals surface area contributed by atoms with E-state index in [0.717, 1.165) is 51.3 Å². The predicted octanol–water partition coefficient (Wildman–Crippen LogP) is 3.27. The molecular formula is C24H36N4O. The van der Waals surface area contributed by atoms with E-state index in [0.29, 0.717) is 19.1 Å². The van der Waals surface area contributed by atoms with Crippen LogP contribution in [0.5, 0.6) is 0 Å². The Hall–Kier alpha value is -1.98. The maximum atomic E-state index is 12.8. The van der Waals surface area contributed by atoms with Crippen molar-refractivity contribution < 1.29 is 4.79 Å². The van der Waals surface area contributed by atoms with Gasteiger partial charge in [0.15, 0.2) is 0 Å². The van der Waals surface area contributed by atoms with Gasteiger partial charge < -0.3 is 9.80 Å². The molecule has 0 atom stereocenters. The first-order chi connectivity index (χ1) is 14.1. The minimum absolute atomic E-state index is 0.152. The quantitative estimate of drug-likeness (QED) is 0.633. The topological polar surface area (TPSA) is 39.7 Å². The molecule has 158 valence electrons. The largest absolute Gasteiger partial charge is 0.335 e. The van der Waals surface area contributed by atoms with Crippen molar-refractivity contribution in [3.8, 4) is 0 Å². The zero-order valence-electron chi connectivity index (χ0n) is 17.9. The monoisotopic (exact) mass is 396 g/mol. The summed E-state index contributed by atoms with van der Waals surface area (Å²) >= 11 is 0. The molecule has 0 N–H and O–H groups in total. The third-order valence-corrected chi connectivity index (χ3v) is 6.29. The molecule has 3 heterocycles. The van der Waals surface area contributed by atoms with Crippen molar-refractivity contribution in [2.24, 2.45) is 5.92 Å². The van der Waals surface area contributed by atoms with Crippen LogP contribution in [0.25, 0.3) is 0 Å². The van der Waals surface area contributed by atoms with E-state index in [1.807, 2.05) is 4.90 Å². The van der Waals surface area contributed by atoms with Gasteiger partial charge in [-0.05, 0) is 57.8 Å². The van der Waals surface area contributed by atoms with Gasteiger partial charge >= 0.3 is 0 Å². The van der Waals surface area contributed by atoms with E-state index in [4.69, 9.17) is 0 Å². The molecule has 0 spiro atoms. The average Bonchev–Trinajstić information content (AvgIpc) is 2.74. The number of hydrogen-bond acceptors (Lipinski definition) is 4. The third kappa shape index (κ3) is 6.00. The molecule has 2 aliphatic rings. The second kappa shape index (κ2) is 10.7. The highest BCUT2D eigenvalue weighted by Gasteiger charge is 2.32. The van der Waals surface area contributed by atoms with Gasteiger partial charge in [0, 0.05) is 50.4 Å². The van der Waals surface area contributed by atoms with Gasteiger partial charge in [-0.25, -0.2) is 0 Å². The highest BCUT2D eigenvalue weighted by molar-refractivity contribution is 5.79. The van der Waals surface area contributed by atoms with Crippen molar-refractivity contribution in [1.29, 1.82) is 0 Å². The Balaban J connectivity index is 1.43. The SMILES string of the molecule is C=CCN(CC=C)C(=O)C1CCN(C2CCN(Cc3cccc(C)n3)CC2)CC1. The van der Waals surface area contributed by atoms with Crippen LogP contribution >= 0.6 is 0 Å². The average molecular weight is 397 g/mol. The van der Waals surface area contributed by atoms with Crippen LogP contribution in [0.15, 0.2) is 43.5 Å². The molecule has 29 heavy (non-hydrogen) atoms. The molecule has 5 nitrogen and oxygen atoms in total. The standard InChI is InChI=1S/C24H36N4O/c1-4-13-28(14-5-2)24(29)21-9-17-27(18-10-21)23-11-15-26(16-12-23)19-22-8-6-7-20(3)25-22/h4-8,21,23H,1-2,9-19H2,3H3. The van der Waals surface area contributed by atoms with Crippen molar-refractivity contribution in [3.63, 3.8) is 0 Å². The van der Waals surface area contributed by atoms with Crippen LogP contribution in [0, 0.1) is 12.8 Å². The lowest BCUT2D eigenvalue weighted by atomic mass is 9.92. The number of hydrogen-bond donors (Lipinski definition) is 0. The summed E-state index contributed by atoms with van der Waals surface area (Å²) in [6.45, 7) is 16.1. The second-order valence-electron chi connectivity index (χ2n) is 8.41. The van der Waals surface area contributed by atoms with E-state index in [9.17, 15) is 4.79 Å². The Morgan fingerprint density at radius 2 is 1.76 bits per heavy atom. The van der Waals surface area contributed by atoms with Gasteiger partial charge in [-0.2, -0.15) is 0 Å². The first-order valence-corrected chi connectivity index (χ1v) is 11.0. The molecule has 5 heteroatoms. The molecular weight excluding hydrogens is 360 g/mol.